The summed E-state index contributed by atoms with van der Waals surface area (Å²) in [6, 6.07) is 0. The van der Waals surface area contributed by atoms with E-state index in [0.717, 1.165) is 38.7 Å². The van der Waals surface area contributed by atoms with Gasteiger partial charge in [0.1, 0.15) is 6.10 Å². The fourth-order valence-corrected chi connectivity index (χ4v) is 10.6. The number of carbonyl (C=O) groups excluding carboxylic acids is 2. The molecule has 2 N–H and O–H groups in total. The minimum Gasteiger partial charge on any atom is -0.462 e. The predicted octanol–water partition coefficient (Wildman–Crippen LogP) is 6.33. The fraction of sp³-hybridized carbons (Fsp3) is 0.879. The number of hydrogen-bond acceptors (Lipinski definition) is 6. The second kappa shape index (κ2) is 10.7. The molecule has 2 heterocycles. The highest BCUT2D eigenvalue weighted by Gasteiger charge is 2.68. The average molecular weight is 558 g/mol. The second-order valence-electron chi connectivity index (χ2n) is 14.9. The number of rotatable bonds is 6. The Morgan fingerprint density at radius 3 is 2.62 bits per heavy atom. The van der Waals surface area contributed by atoms with E-state index in [-0.39, 0.29) is 29.7 Å². The molecule has 5 fully saturated rings. The van der Waals surface area contributed by atoms with Crippen molar-refractivity contribution in [3.8, 4) is 0 Å². The molecule has 6 aliphatic rings. The van der Waals surface area contributed by atoms with Gasteiger partial charge in [0, 0.05) is 31.6 Å². The highest BCUT2D eigenvalue weighted by atomic mass is 16.7. The normalized spacial score (nSPS) is 47.5. The summed E-state index contributed by atoms with van der Waals surface area (Å²) in [6.45, 7) is 10.6. The molecule has 7 heteroatoms. The van der Waals surface area contributed by atoms with Crippen molar-refractivity contribution < 1.29 is 29.0 Å². The Morgan fingerprint density at radius 1 is 1.07 bits per heavy atom. The summed E-state index contributed by atoms with van der Waals surface area (Å²) < 4.78 is 19.3. The van der Waals surface area contributed by atoms with Crippen LogP contribution in [-0.4, -0.2) is 41.7 Å². The summed E-state index contributed by atoms with van der Waals surface area (Å²) in [6.07, 6.45) is 14.6. The van der Waals surface area contributed by atoms with Crippen LogP contribution >= 0.6 is 0 Å². The second-order valence-corrected chi connectivity index (χ2v) is 14.9. The fourth-order valence-electron chi connectivity index (χ4n) is 10.6. The lowest BCUT2D eigenvalue weighted by Gasteiger charge is -2.58. The molecule has 0 aromatic heterocycles. The topological polar surface area (TPSA) is 94.1 Å². The van der Waals surface area contributed by atoms with Crippen LogP contribution in [-0.2, 0) is 23.8 Å². The Balaban J connectivity index is 1.09. The summed E-state index contributed by atoms with van der Waals surface area (Å²) >= 11 is 0. The SMILES string of the molecule is C[C@@H]1CC[C@@]2(OC1)O[C@H]1C[C@H]3[C@@H]4CC=C5C[C@@H](OC(=O)CCCCC(=O)NO)CC[C@]5(C)[C@H]4CC[C@]3(C)[C@H]1[C@@H]2C. The van der Waals surface area contributed by atoms with E-state index in [2.05, 4.69) is 33.8 Å². The van der Waals surface area contributed by atoms with E-state index in [1.165, 1.54) is 31.3 Å². The Morgan fingerprint density at radius 2 is 1.88 bits per heavy atom. The van der Waals surface area contributed by atoms with E-state index in [1.807, 2.05) is 0 Å². The number of ether oxygens (including phenoxy) is 3. The highest BCUT2D eigenvalue weighted by Crippen LogP contribution is 2.70. The summed E-state index contributed by atoms with van der Waals surface area (Å²) in [7, 11) is 0. The molecule has 0 bridgehead atoms. The summed E-state index contributed by atoms with van der Waals surface area (Å²) in [5, 5.41) is 8.60. The Bertz CT molecular complexity index is 1020. The monoisotopic (exact) mass is 557 g/mol. The molecule has 0 unspecified atom stereocenters. The van der Waals surface area contributed by atoms with Gasteiger partial charge in [-0.25, -0.2) is 5.48 Å². The van der Waals surface area contributed by atoms with E-state index in [4.69, 9.17) is 19.4 Å². The van der Waals surface area contributed by atoms with E-state index in [1.54, 1.807) is 5.48 Å². The first-order valence-electron chi connectivity index (χ1n) is 16.2. The molecule has 40 heavy (non-hydrogen) atoms. The van der Waals surface area contributed by atoms with Gasteiger partial charge in [0.25, 0.3) is 0 Å². The Kier molecular flexibility index (Phi) is 7.66. The Hall–Kier alpha value is -1.44. The maximum atomic E-state index is 12.5. The standard InChI is InChI=1S/C33H51NO6/c1-20-11-16-33(38-19-20)21(2)30-27(40-33)18-26-24-10-9-22-17-23(39-29(36)8-6-5-7-28(35)34-37)12-14-31(22,3)25(24)13-15-32(26,30)4/h9,20-21,23-27,30,37H,5-8,10-19H2,1-4H3,(H,34,35)/t20-,21+,23+,24-,25+,26+,27+,30+,31+,32+,33-/m1/s1. The summed E-state index contributed by atoms with van der Waals surface area (Å²) in [5.41, 5.74) is 3.69. The molecule has 0 aromatic carbocycles. The molecule has 4 aliphatic carbocycles. The van der Waals surface area contributed by atoms with Crippen molar-refractivity contribution in [3.63, 3.8) is 0 Å². The van der Waals surface area contributed by atoms with Gasteiger partial charge in [-0.3, -0.25) is 14.8 Å². The van der Waals surface area contributed by atoms with Gasteiger partial charge in [-0.15, -0.1) is 0 Å². The molecule has 1 amide bonds. The molecular weight excluding hydrogens is 506 g/mol. The maximum absolute atomic E-state index is 12.5. The molecule has 3 saturated carbocycles. The third-order valence-electron chi connectivity index (χ3n) is 12.8. The molecule has 7 nitrogen and oxygen atoms in total. The zero-order chi connectivity index (χ0) is 28.3. The number of fused-ring (bicyclic) bond motifs is 7. The average Bonchev–Trinajstić information content (AvgIpc) is 3.38. The summed E-state index contributed by atoms with van der Waals surface area (Å²) in [4.78, 5) is 23.7. The van der Waals surface area contributed by atoms with Crippen molar-refractivity contribution in [2.45, 2.75) is 129 Å². The quantitative estimate of drug-likeness (QED) is 0.130. The van der Waals surface area contributed by atoms with E-state index < -0.39 is 5.91 Å². The number of allylic oxidation sites excluding steroid dienone is 1. The zero-order valence-electron chi connectivity index (χ0n) is 25.1. The molecular formula is C33H51NO6. The third-order valence-corrected chi connectivity index (χ3v) is 12.8. The van der Waals surface area contributed by atoms with Crippen molar-refractivity contribution in [2.75, 3.05) is 6.61 Å². The van der Waals surface area contributed by atoms with Crippen LogP contribution in [0.5, 0.6) is 0 Å². The van der Waals surface area contributed by atoms with Crippen LogP contribution in [0.15, 0.2) is 11.6 Å². The number of amides is 1. The van der Waals surface area contributed by atoms with Crippen LogP contribution in [0.25, 0.3) is 0 Å². The molecule has 2 aliphatic heterocycles. The molecule has 1 spiro atoms. The molecule has 2 saturated heterocycles. The van der Waals surface area contributed by atoms with Crippen LogP contribution < -0.4 is 5.48 Å². The van der Waals surface area contributed by atoms with Crippen molar-refractivity contribution >= 4 is 11.9 Å². The first kappa shape index (κ1) is 28.7. The van der Waals surface area contributed by atoms with Gasteiger partial charge in [-0.1, -0.05) is 39.3 Å². The van der Waals surface area contributed by atoms with Gasteiger partial charge in [-0.05, 0) is 98.2 Å². The van der Waals surface area contributed by atoms with Gasteiger partial charge < -0.3 is 14.2 Å². The first-order valence-corrected chi connectivity index (χ1v) is 16.2. The number of nitrogens with one attached hydrogen (secondary N) is 1. The predicted molar refractivity (Wildman–Crippen MR) is 150 cm³/mol. The highest BCUT2D eigenvalue weighted by molar-refractivity contribution is 5.74. The van der Waals surface area contributed by atoms with Crippen molar-refractivity contribution in [3.05, 3.63) is 11.6 Å². The lowest BCUT2D eigenvalue weighted by molar-refractivity contribution is -0.272. The van der Waals surface area contributed by atoms with Crippen LogP contribution in [0, 0.1) is 46.3 Å². The van der Waals surface area contributed by atoms with Crippen molar-refractivity contribution in [2.24, 2.45) is 46.3 Å². The van der Waals surface area contributed by atoms with Crippen LogP contribution in [0.2, 0.25) is 0 Å². The number of esters is 1. The first-order chi connectivity index (χ1) is 19.1. The lowest BCUT2D eigenvalue weighted by Crippen LogP contribution is -2.52. The number of carbonyl (C=O) groups is 2. The molecule has 0 aromatic rings. The van der Waals surface area contributed by atoms with Gasteiger partial charge in [0.2, 0.25) is 5.91 Å². The van der Waals surface area contributed by atoms with Crippen LogP contribution in [0.3, 0.4) is 0 Å². The van der Waals surface area contributed by atoms with Crippen LogP contribution in [0.1, 0.15) is 111 Å². The molecule has 11 atom stereocenters. The van der Waals surface area contributed by atoms with Crippen molar-refractivity contribution in [1.82, 2.24) is 5.48 Å². The molecule has 224 valence electrons. The lowest BCUT2D eigenvalue weighted by atomic mass is 9.47. The maximum Gasteiger partial charge on any atom is 0.306 e. The number of unbranched alkanes of at least 4 members (excludes halogenated alkanes) is 1. The van der Waals surface area contributed by atoms with Gasteiger partial charge in [0.05, 0.1) is 12.7 Å². The summed E-state index contributed by atoms with van der Waals surface area (Å²) in [5.74, 6) is 2.89. The minimum absolute atomic E-state index is 0.0348. The molecule has 0 radical (unpaired) electrons. The van der Waals surface area contributed by atoms with Gasteiger partial charge in [0.15, 0.2) is 5.79 Å². The number of hydrogen-bond donors (Lipinski definition) is 2. The third kappa shape index (κ3) is 4.66. The Labute approximate surface area is 240 Å². The van der Waals surface area contributed by atoms with Crippen LogP contribution in [0.4, 0.5) is 0 Å². The zero-order valence-corrected chi connectivity index (χ0v) is 25.1. The largest absolute Gasteiger partial charge is 0.462 e. The van der Waals surface area contributed by atoms with Gasteiger partial charge in [-0.2, -0.15) is 0 Å². The van der Waals surface area contributed by atoms with E-state index >= 15 is 0 Å². The van der Waals surface area contributed by atoms with E-state index in [0.29, 0.717) is 66.3 Å². The smallest absolute Gasteiger partial charge is 0.306 e. The minimum atomic E-state index is -0.412. The van der Waals surface area contributed by atoms with E-state index in [9.17, 15) is 9.59 Å². The number of hydroxylamine groups is 1. The van der Waals surface area contributed by atoms with Crippen molar-refractivity contribution in [1.29, 1.82) is 0 Å². The molecule has 6 rings (SSSR count). The van der Waals surface area contributed by atoms with Gasteiger partial charge >= 0.3 is 5.97 Å².